The highest BCUT2D eigenvalue weighted by Crippen LogP contribution is 2.34. The van der Waals surface area contributed by atoms with Crippen LogP contribution >= 0.6 is 0 Å². The number of rotatable bonds is 8. The van der Waals surface area contributed by atoms with Crippen LogP contribution in [0.5, 0.6) is 11.5 Å². The molecule has 174 valence electrons. The monoisotopic (exact) mass is 456 g/mol. The molecule has 0 spiro atoms. The van der Waals surface area contributed by atoms with E-state index in [9.17, 15) is 9.59 Å². The van der Waals surface area contributed by atoms with Crippen molar-refractivity contribution in [2.24, 2.45) is 0 Å². The molecule has 1 N–H and O–H groups in total. The van der Waals surface area contributed by atoms with E-state index in [0.717, 1.165) is 22.4 Å². The summed E-state index contributed by atoms with van der Waals surface area (Å²) in [6.07, 6.45) is 0.545. The fourth-order valence-electron chi connectivity index (χ4n) is 3.97. The first-order chi connectivity index (χ1) is 16.4. The van der Waals surface area contributed by atoms with Crippen molar-refractivity contribution in [2.45, 2.75) is 20.3 Å². The lowest BCUT2D eigenvalue weighted by Gasteiger charge is -2.16. The molecule has 1 aliphatic rings. The topological polar surface area (TPSA) is 67.9 Å². The molecule has 3 aromatic rings. The van der Waals surface area contributed by atoms with Gasteiger partial charge in [0.25, 0.3) is 11.8 Å². The SMILES string of the molecule is COc1ccc(CCN2C(=O)C(Nc3cc(C)ccc3OC)=C(c3ccc(C)cc3)C2=O)cc1. The maximum Gasteiger partial charge on any atom is 0.278 e. The molecule has 0 radical (unpaired) electrons. The van der Waals surface area contributed by atoms with Gasteiger partial charge in [0, 0.05) is 6.54 Å². The van der Waals surface area contributed by atoms with Crippen molar-refractivity contribution < 1.29 is 19.1 Å². The number of methoxy groups -OCH3 is 2. The van der Waals surface area contributed by atoms with Gasteiger partial charge in [-0.2, -0.15) is 0 Å². The number of ether oxygens (including phenoxy) is 2. The minimum absolute atomic E-state index is 0.257. The summed E-state index contributed by atoms with van der Waals surface area (Å²) in [6.45, 7) is 4.22. The predicted octanol–water partition coefficient (Wildman–Crippen LogP) is 4.76. The van der Waals surface area contributed by atoms with Crippen LogP contribution < -0.4 is 14.8 Å². The van der Waals surface area contributed by atoms with E-state index in [1.54, 1.807) is 14.2 Å². The molecule has 3 aromatic carbocycles. The predicted molar refractivity (Wildman–Crippen MR) is 133 cm³/mol. The smallest absolute Gasteiger partial charge is 0.278 e. The number of hydrogen-bond donors (Lipinski definition) is 1. The van der Waals surface area contributed by atoms with E-state index in [-0.39, 0.29) is 24.1 Å². The van der Waals surface area contributed by atoms with E-state index < -0.39 is 0 Å². The lowest BCUT2D eigenvalue weighted by atomic mass is 10.0. The van der Waals surface area contributed by atoms with E-state index in [2.05, 4.69) is 5.32 Å². The van der Waals surface area contributed by atoms with Gasteiger partial charge < -0.3 is 14.8 Å². The second-order valence-electron chi connectivity index (χ2n) is 8.30. The molecule has 1 heterocycles. The van der Waals surface area contributed by atoms with Crippen molar-refractivity contribution in [3.05, 3.63) is 94.7 Å². The molecule has 0 saturated heterocycles. The Morgan fingerprint density at radius 3 is 2.12 bits per heavy atom. The molecule has 0 unspecified atom stereocenters. The third-order valence-electron chi connectivity index (χ3n) is 5.91. The van der Waals surface area contributed by atoms with Gasteiger partial charge in [0.2, 0.25) is 0 Å². The zero-order chi connectivity index (χ0) is 24.2. The molecule has 0 aliphatic carbocycles. The van der Waals surface area contributed by atoms with Gasteiger partial charge in [-0.1, -0.05) is 48.0 Å². The normalized spacial score (nSPS) is 13.5. The van der Waals surface area contributed by atoms with Gasteiger partial charge in [0.15, 0.2) is 0 Å². The fourth-order valence-corrected chi connectivity index (χ4v) is 3.97. The van der Waals surface area contributed by atoms with Crippen molar-refractivity contribution in [1.82, 2.24) is 4.90 Å². The van der Waals surface area contributed by atoms with Crippen molar-refractivity contribution in [3.8, 4) is 11.5 Å². The van der Waals surface area contributed by atoms with Crippen LogP contribution in [0.3, 0.4) is 0 Å². The number of anilines is 1. The number of carbonyl (C=O) groups excluding carboxylic acids is 2. The van der Waals surface area contributed by atoms with E-state index in [0.29, 0.717) is 29.0 Å². The number of imide groups is 1. The molecule has 0 bridgehead atoms. The zero-order valence-electron chi connectivity index (χ0n) is 19.8. The maximum atomic E-state index is 13.5. The highest BCUT2D eigenvalue weighted by atomic mass is 16.5. The molecule has 4 rings (SSSR count). The summed E-state index contributed by atoms with van der Waals surface area (Å²) in [5.41, 5.74) is 5.06. The molecule has 34 heavy (non-hydrogen) atoms. The summed E-state index contributed by atoms with van der Waals surface area (Å²) in [6, 6.07) is 20.9. The quantitative estimate of drug-likeness (QED) is 0.495. The van der Waals surface area contributed by atoms with Crippen LogP contribution in [0.25, 0.3) is 5.57 Å². The van der Waals surface area contributed by atoms with Crippen LogP contribution in [0.1, 0.15) is 22.3 Å². The van der Waals surface area contributed by atoms with Crippen molar-refractivity contribution in [1.29, 1.82) is 0 Å². The van der Waals surface area contributed by atoms with Crippen LogP contribution in [0, 0.1) is 13.8 Å². The second kappa shape index (κ2) is 9.83. The first kappa shape index (κ1) is 23.1. The molecule has 0 fully saturated rings. The number of nitrogens with zero attached hydrogens (tertiary/aromatic N) is 1. The summed E-state index contributed by atoms with van der Waals surface area (Å²) < 4.78 is 10.7. The molecule has 2 amide bonds. The van der Waals surface area contributed by atoms with Crippen LogP contribution in [-0.2, 0) is 16.0 Å². The highest BCUT2D eigenvalue weighted by Gasteiger charge is 2.39. The lowest BCUT2D eigenvalue weighted by molar-refractivity contribution is -0.136. The summed E-state index contributed by atoms with van der Waals surface area (Å²) in [5, 5.41) is 3.21. The first-order valence-corrected chi connectivity index (χ1v) is 11.1. The van der Waals surface area contributed by atoms with E-state index >= 15 is 0 Å². The van der Waals surface area contributed by atoms with Gasteiger partial charge in [0.1, 0.15) is 17.2 Å². The van der Waals surface area contributed by atoms with Crippen molar-refractivity contribution >= 4 is 23.1 Å². The molecule has 0 atom stereocenters. The largest absolute Gasteiger partial charge is 0.497 e. The maximum absolute atomic E-state index is 13.5. The van der Waals surface area contributed by atoms with Crippen molar-refractivity contribution in [2.75, 3.05) is 26.1 Å². The van der Waals surface area contributed by atoms with Gasteiger partial charge in [-0.3, -0.25) is 14.5 Å². The summed E-state index contributed by atoms with van der Waals surface area (Å²) in [5.74, 6) is 0.700. The van der Waals surface area contributed by atoms with Gasteiger partial charge in [-0.25, -0.2) is 0 Å². The van der Waals surface area contributed by atoms with E-state index in [1.807, 2.05) is 80.6 Å². The number of benzene rings is 3. The number of amides is 2. The number of nitrogens with one attached hydrogen (secondary N) is 1. The summed E-state index contributed by atoms with van der Waals surface area (Å²) in [4.78, 5) is 28.3. The number of carbonyl (C=O) groups is 2. The molecular weight excluding hydrogens is 428 g/mol. The van der Waals surface area contributed by atoms with Crippen LogP contribution in [0.4, 0.5) is 5.69 Å². The lowest BCUT2D eigenvalue weighted by Crippen LogP contribution is -2.34. The van der Waals surface area contributed by atoms with Gasteiger partial charge in [0.05, 0.1) is 25.5 Å². The first-order valence-electron chi connectivity index (χ1n) is 11.1. The fraction of sp³-hybridized carbons (Fsp3) is 0.214. The molecular formula is C28H28N2O4. The Labute approximate surface area is 199 Å². The van der Waals surface area contributed by atoms with Crippen molar-refractivity contribution in [3.63, 3.8) is 0 Å². The summed E-state index contributed by atoms with van der Waals surface area (Å²) in [7, 11) is 3.19. The number of hydrogen-bond acceptors (Lipinski definition) is 5. The van der Waals surface area contributed by atoms with Gasteiger partial charge >= 0.3 is 0 Å². The minimum Gasteiger partial charge on any atom is -0.497 e. The molecule has 6 nitrogen and oxygen atoms in total. The van der Waals surface area contributed by atoms with E-state index in [4.69, 9.17) is 9.47 Å². The Bertz CT molecular complexity index is 1240. The summed E-state index contributed by atoms with van der Waals surface area (Å²) >= 11 is 0. The molecule has 6 heteroatoms. The molecule has 1 aliphatic heterocycles. The second-order valence-corrected chi connectivity index (χ2v) is 8.30. The van der Waals surface area contributed by atoms with E-state index in [1.165, 1.54) is 4.90 Å². The zero-order valence-corrected chi connectivity index (χ0v) is 19.8. The van der Waals surface area contributed by atoms with Crippen LogP contribution in [0.2, 0.25) is 0 Å². The Hall–Kier alpha value is -4.06. The standard InChI is InChI=1S/C28H28N2O4/c1-18-5-10-21(11-6-18)25-26(29-23-17-19(2)7-14-24(23)34-4)28(32)30(27(25)31)16-15-20-8-12-22(33-3)13-9-20/h5-14,17,29H,15-16H2,1-4H3. The third kappa shape index (κ3) is 4.66. The number of aryl methyl sites for hydroxylation is 2. The van der Waals surface area contributed by atoms with Crippen LogP contribution in [-0.4, -0.2) is 37.5 Å². The average Bonchev–Trinajstić information content (AvgIpc) is 3.07. The Balaban J connectivity index is 1.67. The third-order valence-corrected chi connectivity index (χ3v) is 5.91. The van der Waals surface area contributed by atoms with Gasteiger partial charge in [-0.15, -0.1) is 0 Å². The van der Waals surface area contributed by atoms with Gasteiger partial charge in [-0.05, 0) is 61.2 Å². The molecule has 0 aromatic heterocycles. The molecule has 0 saturated carbocycles. The Morgan fingerprint density at radius 2 is 1.47 bits per heavy atom. The van der Waals surface area contributed by atoms with Crippen LogP contribution in [0.15, 0.2) is 72.4 Å². The average molecular weight is 457 g/mol. The highest BCUT2D eigenvalue weighted by molar-refractivity contribution is 6.36. The minimum atomic E-state index is -0.349. The Kier molecular flexibility index (Phi) is 6.68. The Morgan fingerprint density at radius 1 is 0.794 bits per heavy atom.